The first-order valence-corrected chi connectivity index (χ1v) is 8.10. The molecule has 0 atom stereocenters. The maximum atomic E-state index is 12.4. The van der Waals surface area contributed by atoms with Crippen LogP contribution in [0.25, 0.3) is 10.2 Å². The van der Waals surface area contributed by atoms with E-state index in [0.29, 0.717) is 23.5 Å². The number of fused-ring (bicyclic) bond motifs is 2. The lowest BCUT2D eigenvalue weighted by Crippen LogP contribution is -2.20. The molecular formula is C17H13N3O2S. The second-order valence-corrected chi connectivity index (χ2v) is 6.39. The highest BCUT2D eigenvalue weighted by molar-refractivity contribution is 7.22. The summed E-state index contributed by atoms with van der Waals surface area (Å²) < 4.78 is 1.04. The highest BCUT2D eigenvalue weighted by atomic mass is 32.1. The number of hydrogen-bond donors (Lipinski definition) is 2. The fourth-order valence-electron chi connectivity index (χ4n) is 2.62. The molecule has 0 saturated carbocycles. The van der Waals surface area contributed by atoms with Gasteiger partial charge in [0.05, 0.1) is 10.2 Å². The van der Waals surface area contributed by atoms with Gasteiger partial charge in [0.1, 0.15) is 0 Å². The Hall–Kier alpha value is -2.73. The van der Waals surface area contributed by atoms with Gasteiger partial charge in [-0.1, -0.05) is 23.5 Å². The molecule has 1 aliphatic heterocycles. The maximum Gasteiger partial charge on any atom is 0.257 e. The molecule has 0 spiro atoms. The van der Waals surface area contributed by atoms with Gasteiger partial charge in [-0.2, -0.15) is 0 Å². The molecule has 6 heteroatoms. The summed E-state index contributed by atoms with van der Waals surface area (Å²) in [4.78, 5) is 28.2. The molecule has 114 valence electrons. The van der Waals surface area contributed by atoms with Crippen LogP contribution in [0.1, 0.15) is 22.3 Å². The minimum atomic E-state index is -0.191. The lowest BCUT2D eigenvalue weighted by molar-refractivity contribution is -0.116. The summed E-state index contributed by atoms with van der Waals surface area (Å²) in [5.41, 5.74) is 3.22. The highest BCUT2D eigenvalue weighted by Gasteiger charge is 2.17. The number of aromatic nitrogens is 1. The van der Waals surface area contributed by atoms with Gasteiger partial charge >= 0.3 is 0 Å². The van der Waals surface area contributed by atoms with E-state index in [1.54, 1.807) is 12.1 Å². The van der Waals surface area contributed by atoms with Gasteiger partial charge < -0.3 is 5.32 Å². The number of anilines is 2. The van der Waals surface area contributed by atoms with Crippen molar-refractivity contribution < 1.29 is 9.59 Å². The minimum absolute atomic E-state index is 0.0178. The van der Waals surface area contributed by atoms with Crippen LogP contribution >= 0.6 is 11.3 Å². The van der Waals surface area contributed by atoms with E-state index in [9.17, 15) is 9.59 Å². The van der Waals surface area contributed by atoms with Crippen molar-refractivity contribution in [2.75, 3.05) is 10.6 Å². The van der Waals surface area contributed by atoms with Crippen molar-refractivity contribution in [1.29, 1.82) is 0 Å². The van der Waals surface area contributed by atoms with Crippen LogP contribution in [0.4, 0.5) is 10.8 Å². The topological polar surface area (TPSA) is 71.1 Å². The molecule has 0 fully saturated rings. The van der Waals surface area contributed by atoms with Gasteiger partial charge in [0.25, 0.3) is 5.91 Å². The summed E-state index contributed by atoms with van der Waals surface area (Å²) in [5, 5.41) is 6.24. The van der Waals surface area contributed by atoms with Crippen LogP contribution < -0.4 is 10.6 Å². The van der Waals surface area contributed by atoms with Gasteiger partial charge in [-0.05, 0) is 42.3 Å². The van der Waals surface area contributed by atoms with Gasteiger partial charge in [-0.15, -0.1) is 0 Å². The van der Waals surface area contributed by atoms with E-state index in [0.717, 1.165) is 21.5 Å². The second-order valence-electron chi connectivity index (χ2n) is 5.36. The van der Waals surface area contributed by atoms with Crippen molar-refractivity contribution >= 4 is 44.2 Å². The Balaban J connectivity index is 1.58. The van der Waals surface area contributed by atoms with E-state index in [-0.39, 0.29) is 11.8 Å². The Labute approximate surface area is 136 Å². The number of carbonyl (C=O) groups excluding carboxylic acids is 2. The summed E-state index contributed by atoms with van der Waals surface area (Å²) in [6, 6.07) is 13.1. The lowest BCUT2D eigenvalue weighted by Gasteiger charge is -2.17. The molecule has 5 nitrogen and oxygen atoms in total. The third-order valence-electron chi connectivity index (χ3n) is 3.78. The Bertz CT molecular complexity index is 899. The van der Waals surface area contributed by atoms with E-state index in [4.69, 9.17) is 0 Å². The predicted octanol–water partition coefficient (Wildman–Crippen LogP) is 3.43. The summed E-state index contributed by atoms with van der Waals surface area (Å²) in [7, 11) is 0. The van der Waals surface area contributed by atoms with Crippen molar-refractivity contribution in [2.45, 2.75) is 12.8 Å². The van der Waals surface area contributed by atoms with Crippen LogP contribution in [0.5, 0.6) is 0 Å². The molecule has 1 aromatic heterocycles. The molecule has 0 aliphatic carbocycles. The van der Waals surface area contributed by atoms with E-state index in [1.807, 2.05) is 30.3 Å². The van der Waals surface area contributed by atoms with Crippen LogP contribution in [0, 0.1) is 0 Å². The molecule has 3 aromatic rings. The Morgan fingerprint density at radius 2 is 2.04 bits per heavy atom. The standard InChI is InChI=1S/C17H13N3O2S/c21-15-8-6-10-9-11(5-7-12(10)18-15)16(22)20-17-19-13-3-1-2-4-14(13)23-17/h1-5,7,9H,6,8H2,(H,18,21)(H,19,20,22). The van der Waals surface area contributed by atoms with Crippen molar-refractivity contribution in [3.8, 4) is 0 Å². The van der Waals surface area contributed by atoms with E-state index < -0.39 is 0 Å². The average molecular weight is 323 g/mol. The largest absolute Gasteiger partial charge is 0.326 e. The summed E-state index contributed by atoms with van der Waals surface area (Å²) in [6.45, 7) is 0. The number of nitrogens with one attached hydrogen (secondary N) is 2. The van der Waals surface area contributed by atoms with E-state index in [1.165, 1.54) is 11.3 Å². The molecule has 0 bridgehead atoms. The molecule has 4 rings (SSSR count). The molecule has 0 saturated heterocycles. The van der Waals surface area contributed by atoms with Gasteiger partial charge in [-0.25, -0.2) is 4.98 Å². The zero-order valence-corrected chi connectivity index (χ0v) is 12.9. The second kappa shape index (κ2) is 5.48. The van der Waals surface area contributed by atoms with E-state index in [2.05, 4.69) is 15.6 Å². The summed E-state index contributed by atoms with van der Waals surface area (Å²) >= 11 is 1.45. The molecular weight excluding hydrogens is 310 g/mol. The first kappa shape index (κ1) is 13.9. The zero-order valence-electron chi connectivity index (χ0n) is 12.1. The van der Waals surface area contributed by atoms with Crippen molar-refractivity contribution in [1.82, 2.24) is 4.98 Å². The first-order chi connectivity index (χ1) is 11.2. The molecule has 0 unspecified atom stereocenters. The summed E-state index contributed by atoms with van der Waals surface area (Å²) in [6.07, 6.45) is 1.11. The molecule has 2 heterocycles. The van der Waals surface area contributed by atoms with Gasteiger partial charge in [-0.3, -0.25) is 14.9 Å². The van der Waals surface area contributed by atoms with Crippen LogP contribution in [0.3, 0.4) is 0 Å². The molecule has 2 amide bonds. The molecule has 2 N–H and O–H groups in total. The minimum Gasteiger partial charge on any atom is -0.326 e. The number of hydrogen-bond acceptors (Lipinski definition) is 4. The number of carbonyl (C=O) groups is 2. The SMILES string of the molecule is O=C1CCc2cc(C(=O)Nc3nc4ccccc4s3)ccc2N1. The van der Waals surface area contributed by atoms with Gasteiger partial charge in [0.2, 0.25) is 5.91 Å². The first-order valence-electron chi connectivity index (χ1n) is 7.29. The molecule has 23 heavy (non-hydrogen) atoms. The monoisotopic (exact) mass is 323 g/mol. The number of aryl methyl sites for hydroxylation is 1. The van der Waals surface area contributed by atoms with Crippen molar-refractivity contribution in [2.24, 2.45) is 0 Å². The van der Waals surface area contributed by atoms with Gasteiger partial charge in [0.15, 0.2) is 5.13 Å². The zero-order chi connectivity index (χ0) is 15.8. The van der Waals surface area contributed by atoms with Crippen molar-refractivity contribution in [3.63, 3.8) is 0 Å². The fraction of sp³-hybridized carbons (Fsp3) is 0.118. The molecule has 0 radical (unpaired) electrons. The number of benzene rings is 2. The van der Waals surface area contributed by atoms with Crippen molar-refractivity contribution in [3.05, 3.63) is 53.6 Å². The van der Waals surface area contributed by atoms with Gasteiger partial charge in [0, 0.05) is 17.7 Å². The average Bonchev–Trinajstić information content (AvgIpc) is 2.96. The van der Waals surface area contributed by atoms with Crippen LogP contribution in [0.2, 0.25) is 0 Å². The van der Waals surface area contributed by atoms with Crippen LogP contribution in [-0.4, -0.2) is 16.8 Å². The van der Waals surface area contributed by atoms with E-state index >= 15 is 0 Å². The number of thiazole rings is 1. The number of nitrogens with zero attached hydrogens (tertiary/aromatic N) is 1. The Kier molecular flexibility index (Phi) is 3.31. The Morgan fingerprint density at radius 3 is 2.91 bits per heavy atom. The maximum absolute atomic E-state index is 12.4. The van der Waals surface area contributed by atoms with Crippen LogP contribution in [0.15, 0.2) is 42.5 Å². The smallest absolute Gasteiger partial charge is 0.257 e. The summed E-state index contributed by atoms with van der Waals surface area (Å²) in [5.74, 6) is -0.173. The molecule has 1 aliphatic rings. The predicted molar refractivity (Wildman–Crippen MR) is 91.0 cm³/mol. The number of para-hydroxylation sites is 1. The number of amides is 2. The Morgan fingerprint density at radius 1 is 1.17 bits per heavy atom. The van der Waals surface area contributed by atoms with Crippen LogP contribution in [-0.2, 0) is 11.2 Å². The fourth-order valence-corrected chi connectivity index (χ4v) is 3.48. The third-order valence-corrected chi connectivity index (χ3v) is 4.73. The number of rotatable bonds is 2. The third kappa shape index (κ3) is 2.68. The highest BCUT2D eigenvalue weighted by Crippen LogP contribution is 2.27. The molecule has 2 aromatic carbocycles. The quantitative estimate of drug-likeness (QED) is 0.759. The normalized spacial score (nSPS) is 13.5. The lowest BCUT2D eigenvalue weighted by atomic mass is 10.0.